The lowest BCUT2D eigenvalue weighted by Crippen LogP contribution is -2.20. The summed E-state index contributed by atoms with van der Waals surface area (Å²) in [6, 6.07) is 2.14. The summed E-state index contributed by atoms with van der Waals surface area (Å²) in [7, 11) is 0. The lowest BCUT2D eigenvalue weighted by Gasteiger charge is -2.16. The fraction of sp³-hybridized carbons (Fsp3) is 0.636. The Labute approximate surface area is 79.1 Å². The first-order chi connectivity index (χ1) is 6.03. The molecular weight excluding hydrogens is 162 g/mol. The molecule has 0 aliphatic heterocycles. The molecule has 0 unspecified atom stereocenters. The third-order valence-corrected chi connectivity index (χ3v) is 3.15. The second kappa shape index (κ2) is 2.61. The van der Waals surface area contributed by atoms with Gasteiger partial charge in [0.25, 0.3) is 0 Å². The van der Waals surface area contributed by atoms with E-state index in [0.717, 1.165) is 11.5 Å². The molecule has 0 radical (unpaired) electrons. The van der Waals surface area contributed by atoms with Gasteiger partial charge in [-0.15, -0.1) is 0 Å². The van der Waals surface area contributed by atoms with Crippen molar-refractivity contribution in [3.05, 3.63) is 23.2 Å². The summed E-state index contributed by atoms with van der Waals surface area (Å²) < 4.78 is 5.62. The van der Waals surface area contributed by atoms with Gasteiger partial charge in [-0.25, -0.2) is 0 Å². The van der Waals surface area contributed by atoms with Crippen molar-refractivity contribution in [1.82, 2.24) is 0 Å². The molecule has 1 aliphatic carbocycles. The Morgan fingerprint density at radius 1 is 1.46 bits per heavy atom. The van der Waals surface area contributed by atoms with E-state index in [1.807, 2.05) is 6.92 Å². The van der Waals surface area contributed by atoms with Crippen LogP contribution in [0, 0.1) is 19.3 Å². The number of furan rings is 1. The fourth-order valence-corrected chi connectivity index (χ4v) is 1.79. The Hall–Kier alpha value is -0.760. The topological polar surface area (TPSA) is 39.2 Å². The van der Waals surface area contributed by atoms with Gasteiger partial charge in [0.15, 0.2) is 0 Å². The van der Waals surface area contributed by atoms with Gasteiger partial charge in [-0.1, -0.05) is 6.92 Å². The molecule has 1 aromatic rings. The molecule has 13 heavy (non-hydrogen) atoms. The quantitative estimate of drug-likeness (QED) is 0.758. The Morgan fingerprint density at radius 3 is 2.46 bits per heavy atom. The summed E-state index contributed by atoms with van der Waals surface area (Å²) >= 11 is 0. The van der Waals surface area contributed by atoms with Crippen molar-refractivity contribution in [2.75, 3.05) is 0 Å². The molecule has 1 saturated carbocycles. The molecule has 0 bridgehead atoms. The molecule has 2 nitrogen and oxygen atoms in total. The maximum atomic E-state index is 6.15. The van der Waals surface area contributed by atoms with E-state index in [9.17, 15) is 0 Å². The molecule has 0 spiro atoms. The molecule has 0 amide bonds. The van der Waals surface area contributed by atoms with Crippen molar-refractivity contribution in [2.24, 2.45) is 11.1 Å². The first kappa shape index (κ1) is 8.82. The van der Waals surface area contributed by atoms with E-state index in [2.05, 4.69) is 19.9 Å². The molecule has 2 N–H and O–H groups in total. The number of hydrogen-bond acceptors (Lipinski definition) is 2. The van der Waals surface area contributed by atoms with Crippen LogP contribution in [-0.4, -0.2) is 0 Å². The van der Waals surface area contributed by atoms with E-state index in [1.54, 1.807) is 0 Å². The van der Waals surface area contributed by atoms with Crippen molar-refractivity contribution >= 4 is 0 Å². The van der Waals surface area contributed by atoms with Gasteiger partial charge in [0.1, 0.15) is 11.5 Å². The highest BCUT2D eigenvalue weighted by Gasteiger charge is 2.45. The summed E-state index contributed by atoms with van der Waals surface area (Å²) in [6.45, 7) is 6.27. The highest BCUT2D eigenvalue weighted by molar-refractivity contribution is 5.25. The van der Waals surface area contributed by atoms with Crippen LogP contribution in [0.25, 0.3) is 0 Å². The van der Waals surface area contributed by atoms with Crippen molar-refractivity contribution in [3.8, 4) is 0 Å². The maximum absolute atomic E-state index is 6.15. The van der Waals surface area contributed by atoms with E-state index in [1.165, 1.54) is 18.4 Å². The highest BCUT2D eigenvalue weighted by Crippen LogP contribution is 2.53. The molecule has 1 heterocycles. The van der Waals surface area contributed by atoms with Crippen LogP contribution in [0.1, 0.15) is 42.9 Å². The van der Waals surface area contributed by atoms with Crippen LogP contribution in [0.15, 0.2) is 10.5 Å². The molecule has 2 rings (SSSR count). The number of aryl methyl sites for hydroxylation is 2. The first-order valence-electron chi connectivity index (χ1n) is 4.85. The zero-order chi connectivity index (χ0) is 9.64. The SMILES string of the molecule is Cc1cc(C)c([C@H](N)C2(C)CC2)o1. The molecule has 1 atom stereocenters. The summed E-state index contributed by atoms with van der Waals surface area (Å²) in [4.78, 5) is 0. The smallest absolute Gasteiger partial charge is 0.124 e. The molecule has 2 heteroatoms. The normalized spacial score (nSPS) is 21.5. The standard InChI is InChI=1S/C11H17NO/c1-7-6-8(2)13-9(7)10(12)11(3)4-5-11/h6,10H,4-5,12H2,1-3H3/t10-/m0/s1. The Balaban J connectivity index is 2.29. The molecule has 1 fully saturated rings. The Bertz CT molecular complexity index is 323. The van der Waals surface area contributed by atoms with Crippen molar-refractivity contribution in [2.45, 2.75) is 39.7 Å². The number of nitrogens with two attached hydrogens (primary N) is 1. The molecule has 0 saturated heterocycles. The van der Waals surface area contributed by atoms with Crippen molar-refractivity contribution < 1.29 is 4.42 Å². The van der Waals surface area contributed by atoms with Crippen LogP contribution in [-0.2, 0) is 0 Å². The lowest BCUT2D eigenvalue weighted by molar-refractivity contribution is 0.358. The van der Waals surface area contributed by atoms with E-state index < -0.39 is 0 Å². The second-order valence-corrected chi connectivity index (χ2v) is 4.54. The summed E-state index contributed by atoms with van der Waals surface area (Å²) in [6.07, 6.45) is 2.46. The van der Waals surface area contributed by atoms with Crippen LogP contribution in [0.2, 0.25) is 0 Å². The minimum Gasteiger partial charge on any atom is -0.464 e. The molecule has 0 aromatic carbocycles. The molecule has 1 aliphatic rings. The third-order valence-electron chi connectivity index (χ3n) is 3.15. The van der Waals surface area contributed by atoms with Crippen molar-refractivity contribution in [1.29, 1.82) is 0 Å². The fourth-order valence-electron chi connectivity index (χ4n) is 1.79. The van der Waals surface area contributed by atoms with Gasteiger partial charge in [0.2, 0.25) is 0 Å². The van der Waals surface area contributed by atoms with Crippen LogP contribution in [0.3, 0.4) is 0 Å². The van der Waals surface area contributed by atoms with Gasteiger partial charge in [0.05, 0.1) is 6.04 Å². The molecular formula is C11H17NO. The van der Waals surface area contributed by atoms with Crippen LogP contribution in [0.5, 0.6) is 0 Å². The van der Waals surface area contributed by atoms with E-state index in [4.69, 9.17) is 10.2 Å². The first-order valence-corrected chi connectivity index (χ1v) is 4.85. The molecule has 72 valence electrons. The number of rotatable bonds is 2. The minimum atomic E-state index is 0.0844. The van der Waals surface area contributed by atoms with Crippen LogP contribution < -0.4 is 5.73 Å². The summed E-state index contributed by atoms with van der Waals surface area (Å²) in [5.41, 5.74) is 7.65. The minimum absolute atomic E-state index is 0.0844. The van der Waals surface area contributed by atoms with E-state index >= 15 is 0 Å². The monoisotopic (exact) mass is 179 g/mol. The average molecular weight is 179 g/mol. The van der Waals surface area contributed by atoms with E-state index in [0.29, 0.717) is 5.41 Å². The third kappa shape index (κ3) is 1.39. The zero-order valence-corrected chi connectivity index (χ0v) is 8.55. The van der Waals surface area contributed by atoms with Gasteiger partial charge >= 0.3 is 0 Å². The summed E-state index contributed by atoms with van der Waals surface area (Å²) in [5.74, 6) is 1.95. The van der Waals surface area contributed by atoms with Gasteiger partial charge in [-0.2, -0.15) is 0 Å². The summed E-state index contributed by atoms with van der Waals surface area (Å²) in [5, 5.41) is 0. The van der Waals surface area contributed by atoms with Gasteiger partial charge in [0, 0.05) is 0 Å². The second-order valence-electron chi connectivity index (χ2n) is 4.54. The predicted octanol–water partition coefficient (Wildman–Crippen LogP) is 2.70. The number of hydrogen-bond donors (Lipinski definition) is 1. The van der Waals surface area contributed by atoms with Gasteiger partial charge in [-0.05, 0) is 43.7 Å². The zero-order valence-electron chi connectivity index (χ0n) is 8.55. The average Bonchev–Trinajstić information content (AvgIpc) is 2.71. The maximum Gasteiger partial charge on any atom is 0.124 e. The highest BCUT2D eigenvalue weighted by atomic mass is 16.3. The van der Waals surface area contributed by atoms with E-state index in [-0.39, 0.29) is 6.04 Å². The van der Waals surface area contributed by atoms with Crippen molar-refractivity contribution in [3.63, 3.8) is 0 Å². The largest absolute Gasteiger partial charge is 0.464 e. The lowest BCUT2D eigenvalue weighted by atomic mass is 9.96. The predicted molar refractivity (Wildman–Crippen MR) is 52.5 cm³/mol. The van der Waals surface area contributed by atoms with Crippen LogP contribution in [0.4, 0.5) is 0 Å². The Morgan fingerprint density at radius 2 is 2.08 bits per heavy atom. The Kier molecular flexibility index (Phi) is 1.77. The van der Waals surface area contributed by atoms with Crippen LogP contribution >= 0.6 is 0 Å². The van der Waals surface area contributed by atoms with Gasteiger partial charge < -0.3 is 10.2 Å². The van der Waals surface area contributed by atoms with Gasteiger partial charge in [-0.3, -0.25) is 0 Å². The molecule has 1 aromatic heterocycles.